The maximum atomic E-state index is 5.69. The van der Waals surface area contributed by atoms with E-state index in [-0.39, 0.29) is 0 Å². The van der Waals surface area contributed by atoms with Crippen LogP contribution in [0.25, 0.3) is 11.1 Å². The zero-order valence-corrected chi connectivity index (χ0v) is 13.9. The predicted octanol–water partition coefficient (Wildman–Crippen LogP) is 6.69. The van der Waals surface area contributed by atoms with Gasteiger partial charge in [0.15, 0.2) is 0 Å². The first-order valence-electron chi connectivity index (χ1n) is 8.20. The molecule has 0 N–H and O–H groups in total. The summed E-state index contributed by atoms with van der Waals surface area (Å²) < 4.78 is 0. The second-order valence-electron chi connectivity index (χ2n) is 6.42. The molecular weight excluding hydrogens is 288 g/mol. The van der Waals surface area contributed by atoms with E-state index < -0.39 is 0 Å². The molecule has 0 aromatic heterocycles. The fourth-order valence-corrected chi connectivity index (χ4v) is 3.65. The SMILES string of the molecule is Cc1ccc(-c2ccc(C3CCC(/C=C/Cl)CC3)cc2)cc1. The Labute approximate surface area is 138 Å². The van der Waals surface area contributed by atoms with Gasteiger partial charge in [-0.2, -0.15) is 0 Å². The van der Waals surface area contributed by atoms with Gasteiger partial charge < -0.3 is 0 Å². The molecule has 2 aromatic carbocycles. The van der Waals surface area contributed by atoms with Crippen LogP contribution < -0.4 is 0 Å². The molecule has 114 valence electrons. The van der Waals surface area contributed by atoms with E-state index in [1.54, 1.807) is 5.54 Å². The Morgan fingerprint density at radius 1 is 0.818 bits per heavy atom. The third kappa shape index (κ3) is 3.62. The van der Waals surface area contributed by atoms with Crippen molar-refractivity contribution >= 4 is 11.6 Å². The van der Waals surface area contributed by atoms with Gasteiger partial charge in [0, 0.05) is 5.54 Å². The standard InChI is InChI=1S/C21H23Cl/c1-16-2-6-18(7-3-16)20-10-12-21(13-11-20)19-8-4-17(5-9-19)14-15-22/h2-3,6-7,10-15,17,19H,4-5,8-9H2,1H3/b15-14+. The Bertz CT molecular complexity index is 614. The summed E-state index contributed by atoms with van der Waals surface area (Å²) in [4.78, 5) is 0. The Kier molecular flexibility index (Phi) is 5.00. The quantitative estimate of drug-likeness (QED) is 0.592. The molecule has 0 amide bonds. The van der Waals surface area contributed by atoms with Gasteiger partial charge in [-0.05, 0) is 61.1 Å². The molecule has 1 heteroatoms. The van der Waals surface area contributed by atoms with Crippen LogP contribution in [0.3, 0.4) is 0 Å². The van der Waals surface area contributed by atoms with Crippen molar-refractivity contribution in [3.63, 3.8) is 0 Å². The molecule has 0 nitrogen and oxygen atoms in total. The third-order valence-electron chi connectivity index (χ3n) is 4.88. The molecular formula is C21H23Cl. The number of hydrogen-bond donors (Lipinski definition) is 0. The molecule has 1 aliphatic rings. The summed E-state index contributed by atoms with van der Waals surface area (Å²) in [5.41, 5.74) is 7.09. The second kappa shape index (κ2) is 7.15. The van der Waals surface area contributed by atoms with Gasteiger partial charge in [-0.25, -0.2) is 0 Å². The molecule has 1 fully saturated rings. The highest BCUT2D eigenvalue weighted by Gasteiger charge is 2.20. The fourth-order valence-electron chi connectivity index (χ4n) is 3.44. The molecule has 0 spiro atoms. The van der Waals surface area contributed by atoms with Gasteiger partial charge in [0.25, 0.3) is 0 Å². The lowest BCUT2D eigenvalue weighted by Gasteiger charge is -2.27. The van der Waals surface area contributed by atoms with Crippen molar-refractivity contribution in [3.05, 3.63) is 71.3 Å². The maximum Gasteiger partial charge on any atom is 0.000525 e. The van der Waals surface area contributed by atoms with Crippen molar-refractivity contribution < 1.29 is 0 Å². The first-order chi connectivity index (χ1) is 10.8. The minimum atomic E-state index is 0.681. The summed E-state index contributed by atoms with van der Waals surface area (Å²) in [6.45, 7) is 2.13. The van der Waals surface area contributed by atoms with Gasteiger partial charge in [0.1, 0.15) is 0 Å². The number of rotatable bonds is 3. The van der Waals surface area contributed by atoms with Crippen LogP contribution in [0, 0.1) is 12.8 Å². The van der Waals surface area contributed by atoms with Gasteiger partial charge >= 0.3 is 0 Å². The van der Waals surface area contributed by atoms with E-state index >= 15 is 0 Å². The molecule has 0 unspecified atom stereocenters. The molecule has 0 heterocycles. The van der Waals surface area contributed by atoms with Crippen molar-refractivity contribution in [2.75, 3.05) is 0 Å². The summed E-state index contributed by atoms with van der Waals surface area (Å²) in [6.07, 6.45) is 7.21. The number of aryl methyl sites for hydroxylation is 1. The van der Waals surface area contributed by atoms with Crippen molar-refractivity contribution in [2.24, 2.45) is 5.92 Å². The lowest BCUT2D eigenvalue weighted by Crippen LogP contribution is -2.11. The van der Waals surface area contributed by atoms with Crippen molar-refractivity contribution in [1.29, 1.82) is 0 Å². The third-order valence-corrected chi connectivity index (χ3v) is 5.03. The van der Waals surface area contributed by atoms with Crippen LogP contribution in [0.4, 0.5) is 0 Å². The topological polar surface area (TPSA) is 0 Å². The van der Waals surface area contributed by atoms with Gasteiger partial charge in [0.2, 0.25) is 0 Å². The van der Waals surface area contributed by atoms with Crippen LogP contribution in [0.15, 0.2) is 60.1 Å². The highest BCUT2D eigenvalue weighted by molar-refractivity contribution is 6.25. The number of halogens is 1. The van der Waals surface area contributed by atoms with Crippen molar-refractivity contribution in [1.82, 2.24) is 0 Å². The van der Waals surface area contributed by atoms with Gasteiger partial charge in [0.05, 0.1) is 0 Å². The Hall–Kier alpha value is -1.53. The molecule has 0 bridgehead atoms. The van der Waals surface area contributed by atoms with E-state index in [0.717, 1.165) is 0 Å². The lowest BCUT2D eigenvalue weighted by atomic mass is 9.78. The molecule has 2 aromatic rings. The van der Waals surface area contributed by atoms with Gasteiger partial charge in [-0.15, -0.1) is 0 Å². The number of hydrogen-bond acceptors (Lipinski definition) is 0. The van der Waals surface area contributed by atoms with Gasteiger partial charge in [-0.3, -0.25) is 0 Å². The average molecular weight is 311 g/mol. The van der Waals surface area contributed by atoms with Crippen LogP contribution in [-0.2, 0) is 0 Å². The lowest BCUT2D eigenvalue weighted by molar-refractivity contribution is 0.376. The molecule has 0 atom stereocenters. The first kappa shape index (κ1) is 15.4. The van der Waals surface area contributed by atoms with E-state index in [1.807, 2.05) is 0 Å². The van der Waals surface area contributed by atoms with Crippen LogP contribution >= 0.6 is 11.6 Å². The fraction of sp³-hybridized carbons (Fsp3) is 0.333. The van der Waals surface area contributed by atoms with Crippen LogP contribution in [0.2, 0.25) is 0 Å². The zero-order chi connectivity index (χ0) is 15.4. The molecule has 1 aliphatic carbocycles. The van der Waals surface area contributed by atoms with E-state index in [1.165, 1.54) is 47.9 Å². The van der Waals surface area contributed by atoms with Crippen LogP contribution in [0.5, 0.6) is 0 Å². The summed E-state index contributed by atoms with van der Waals surface area (Å²) >= 11 is 5.69. The highest BCUT2D eigenvalue weighted by atomic mass is 35.5. The molecule has 0 radical (unpaired) electrons. The maximum absolute atomic E-state index is 5.69. The Balaban J connectivity index is 1.68. The smallest absolute Gasteiger partial charge is 0.000525 e. The summed E-state index contributed by atoms with van der Waals surface area (Å²) in [6, 6.07) is 17.9. The van der Waals surface area contributed by atoms with Crippen molar-refractivity contribution in [3.8, 4) is 11.1 Å². The number of benzene rings is 2. The monoisotopic (exact) mass is 310 g/mol. The van der Waals surface area contributed by atoms with E-state index in [9.17, 15) is 0 Å². The summed E-state index contributed by atoms with van der Waals surface area (Å²) in [5, 5.41) is 0. The van der Waals surface area contributed by atoms with Gasteiger partial charge in [-0.1, -0.05) is 71.8 Å². The van der Waals surface area contributed by atoms with E-state index in [0.29, 0.717) is 11.8 Å². The normalized spacial score (nSPS) is 22.1. The van der Waals surface area contributed by atoms with Crippen molar-refractivity contribution in [2.45, 2.75) is 38.5 Å². The highest BCUT2D eigenvalue weighted by Crippen LogP contribution is 2.37. The average Bonchev–Trinajstić information content (AvgIpc) is 2.57. The zero-order valence-electron chi connectivity index (χ0n) is 13.1. The molecule has 22 heavy (non-hydrogen) atoms. The minimum absolute atomic E-state index is 0.681. The molecule has 1 saturated carbocycles. The minimum Gasteiger partial charge on any atom is -0.0933 e. The summed E-state index contributed by atoms with van der Waals surface area (Å²) in [5.74, 6) is 1.40. The van der Waals surface area contributed by atoms with E-state index in [2.05, 4.69) is 61.5 Å². The predicted molar refractivity (Wildman–Crippen MR) is 96.3 cm³/mol. The van der Waals surface area contributed by atoms with E-state index in [4.69, 9.17) is 11.6 Å². The molecule has 0 aliphatic heterocycles. The van der Waals surface area contributed by atoms with Crippen LogP contribution in [-0.4, -0.2) is 0 Å². The molecule has 3 rings (SSSR count). The first-order valence-corrected chi connectivity index (χ1v) is 8.64. The second-order valence-corrected chi connectivity index (χ2v) is 6.67. The van der Waals surface area contributed by atoms with Crippen LogP contribution in [0.1, 0.15) is 42.7 Å². The largest absolute Gasteiger partial charge is 0.0933 e. The molecule has 0 saturated heterocycles. The summed E-state index contributed by atoms with van der Waals surface area (Å²) in [7, 11) is 0. The number of allylic oxidation sites excluding steroid dienone is 1. The Morgan fingerprint density at radius 3 is 1.91 bits per heavy atom. The Morgan fingerprint density at radius 2 is 1.36 bits per heavy atom.